The zero-order valence-electron chi connectivity index (χ0n) is 5.89. The fourth-order valence-corrected chi connectivity index (χ4v) is 3.04. The van der Waals surface area contributed by atoms with E-state index < -0.39 is 0 Å². The smallest absolute Gasteiger partial charge is 0.0152 e. The van der Waals surface area contributed by atoms with Crippen molar-refractivity contribution in [1.82, 2.24) is 3.93 Å². The SMILES string of the molecule is CC1C2CN(Br)CC12C. The van der Waals surface area contributed by atoms with E-state index in [9.17, 15) is 0 Å². The number of piperidine rings is 1. The quantitative estimate of drug-likeness (QED) is 0.527. The first-order valence-corrected chi connectivity index (χ1v) is 4.26. The lowest BCUT2D eigenvalue weighted by Gasteiger charge is -2.11. The summed E-state index contributed by atoms with van der Waals surface area (Å²) in [5.74, 6) is 1.96. The van der Waals surface area contributed by atoms with E-state index in [4.69, 9.17) is 0 Å². The van der Waals surface area contributed by atoms with E-state index in [2.05, 4.69) is 33.9 Å². The molecule has 1 nitrogen and oxygen atoms in total. The molecule has 2 heteroatoms. The Kier molecular flexibility index (Phi) is 1.05. The van der Waals surface area contributed by atoms with Crippen LogP contribution in [-0.4, -0.2) is 17.0 Å². The van der Waals surface area contributed by atoms with Crippen LogP contribution in [0.3, 0.4) is 0 Å². The number of hydrogen-bond donors (Lipinski definition) is 0. The van der Waals surface area contributed by atoms with Gasteiger partial charge >= 0.3 is 0 Å². The van der Waals surface area contributed by atoms with E-state index in [-0.39, 0.29) is 0 Å². The predicted molar refractivity (Wildman–Crippen MR) is 41.3 cm³/mol. The second-order valence-electron chi connectivity index (χ2n) is 3.70. The van der Waals surface area contributed by atoms with Gasteiger partial charge in [0.15, 0.2) is 0 Å². The maximum atomic E-state index is 3.51. The van der Waals surface area contributed by atoms with Crippen molar-refractivity contribution in [1.29, 1.82) is 0 Å². The van der Waals surface area contributed by atoms with Crippen LogP contribution in [-0.2, 0) is 0 Å². The summed E-state index contributed by atoms with van der Waals surface area (Å²) < 4.78 is 2.26. The second-order valence-corrected chi connectivity index (χ2v) is 4.71. The molecule has 52 valence electrons. The molecule has 2 fully saturated rings. The molecular weight excluding hydrogens is 178 g/mol. The van der Waals surface area contributed by atoms with Crippen molar-refractivity contribution in [3.8, 4) is 0 Å². The lowest BCUT2D eigenvalue weighted by molar-refractivity contribution is 0.428. The standard InChI is InChI=1S/C7H12BrN/c1-5-6-3-9(8)4-7(5,6)2/h5-6H,3-4H2,1-2H3. The first-order valence-electron chi connectivity index (χ1n) is 3.55. The summed E-state index contributed by atoms with van der Waals surface area (Å²) in [5.41, 5.74) is 0.670. The highest BCUT2D eigenvalue weighted by molar-refractivity contribution is 9.07. The highest BCUT2D eigenvalue weighted by Gasteiger charge is 2.62. The Bertz CT molecular complexity index is 148. The minimum atomic E-state index is 0.670. The third-order valence-electron chi connectivity index (χ3n) is 3.29. The molecule has 1 aliphatic heterocycles. The van der Waals surface area contributed by atoms with Gasteiger partial charge in [-0.15, -0.1) is 0 Å². The third kappa shape index (κ3) is 0.637. The minimum Gasteiger partial charge on any atom is -0.241 e. The summed E-state index contributed by atoms with van der Waals surface area (Å²) in [6, 6.07) is 0. The molecule has 0 spiro atoms. The van der Waals surface area contributed by atoms with Gasteiger partial charge in [0.1, 0.15) is 0 Å². The number of hydrogen-bond acceptors (Lipinski definition) is 1. The Hall–Kier alpha value is 0.440. The minimum absolute atomic E-state index is 0.670. The molecular formula is C7H12BrN. The molecule has 0 amide bonds. The maximum absolute atomic E-state index is 3.51. The van der Waals surface area contributed by atoms with Crippen LogP contribution in [0.2, 0.25) is 0 Å². The van der Waals surface area contributed by atoms with Crippen LogP contribution in [0.1, 0.15) is 13.8 Å². The highest BCUT2D eigenvalue weighted by Crippen LogP contribution is 2.63. The van der Waals surface area contributed by atoms with E-state index in [1.54, 1.807) is 0 Å². The van der Waals surface area contributed by atoms with Gasteiger partial charge in [0.2, 0.25) is 0 Å². The molecule has 0 N–H and O–H groups in total. The second kappa shape index (κ2) is 1.54. The largest absolute Gasteiger partial charge is 0.241 e. The molecule has 1 aliphatic carbocycles. The van der Waals surface area contributed by atoms with E-state index in [1.165, 1.54) is 13.1 Å². The van der Waals surface area contributed by atoms with Gasteiger partial charge in [-0.3, -0.25) is 0 Å². The molecule has 1 heterocycles. The number of halogens is 1. The number of rotatable bonds is 0. The van der Waals surface area contributed by atoms with Crippen molar-refractivity contribution in [3.05, 3.63) is 0 Å². The fraction of sp³-hybridized carbons (Fsp3) is 1.00. The van der Waals surface area contributed by atoms with Gasteiger partial charge in [0.25, 0.3) is 0 Å². The molecule has 0 radical (unpaired) electrons. The predicted octanol–water partition coefficient (Wildman–Crippen LogP) is 1.88. The van der Waals surface area contributed by atoms with Gasteiger partial charge in [-0.05, 0) is 17.3 Å². The van der Waals surface area contributed by atoms with Gasteiger partial charge in [0, 0.05) is 29.2 Å². The normalized spacial score (nSPS) is 57.7. The van der Waals surface area contributed by atoms with Crippen molar-refractivity contribution in [2.24, 2.45) is 17.3 Å². The summed E-state index contributed by atoms with van der Waals surface area (Å²) in [4.78, 5) is 0. The molecule has 3 atom stereocenters. The van der Waals surface area contributed by atoms with Crippen LogP contribution in [0.15, 0.2) is 0 Å². The monoisotopic (exact) mass is 189 g/mol. The summed E-state index contributed by atoms with van der Waals surface area (Å²) in [6.07, 6.45) is 0. The van der Waals surface area contributed by atoms with Crippen LogP contribution >= 0.6 is 16.1 Å². The molecule has 3 unspecified atom stereocenters. The molecule has 9 heavy (non-hydrogen) atoms. The van der Waals surface area contributed by atoms with Gasteiger partial charge in [0.05, 0.1) is 0 Å². The average molecular weight is 190 g/mol. The molecule has 0 aromatic rings. The van der Waals surface area contributed by atoms with E-state index in [1.807, 2.05) is 0 Å². The summed E-state index contributed by atoms with van der Waals surface area (Å²) >= 11 is 3.51. The van der Waals surface area contributed by atoms with E-state index >= 15 is 0 Å². The van der Waals surface area contributed by atoms with Gasteiger partial charge in [-0.1, -0.05) is 13.8 Å². The van der Waals surface area contributed by atoms with Crippen LogP contribution in [0.4, 0.5) is 0 Å². The van der Waals surface area contributed by atoms with Crippen molar-refractivity contribution >= 4 is 16.1 Å². The molecule has 0 aromatic carbocycles. The summed E-state index contributed by atoms with van der Waals surface area (Å²) in [5, 5.41) is 0. The average Bonchev–Trinajstić information content (AvgIpc) is 2.23. The Labute approximate surface area is 64.8 Å². The van der Waals surface area contributed by atoms with Crippen LogP contribution < -0.4 is 0 Å². The van der Waals surface area contributed by atoms with Crippen LogP contribution in [0.5, 0.6) is 0 Å². The number of fused-ring (bicyclic) bond motifs is 1. The van der Waals surface area contributed by atoms with Gasteiger partial charge < -0.3 is 0 Å². The number of nitrogens with zero attached hydrogens (tertiary/aromatic N) is 1. The molecule has 0 aromatic heterocycles. The Morgan fingerprint density at radius 1 is 1.67 bits per heavy atom. The van der Waals surface area contributed by atoms with Crippen LogP contribution in [0.25, 0.3) is 0 Å². The Balaban J connectivity index is 2.12. The first-order chi connectivity index (χ1) is 4.14. The molecule has 2 aliphatic rings. The van der Waals surface area contributed by atoms with E-state index in [0.717, 1.165) is 11.8 Å². The molecule has 1 saturated carbocycles. The zero-order chi connectivity index (χ0) is 6.65. The summed E-state index contributed by atoms with van der Waals surface area (Å²) in [6.45, 7) is 7.27. The van der Waals surface area contributed by atoms with Crippen molar-refractivity contribution < 1.29 is 0 Å². The van der Waals surface area contributed by atoms with Crippen molar-refractivity contribution in [2.75, 3.05) is 13.1 Å². The highest BCUT2D eigenvalue weighted by atomic mass is 79.9. The third-order valence-corrected chi connectivity index (χ3v) is 3.83. The lowest BCUT2D eigenvalue weighted by Crippen LogP contribution is -2.15. The van der Waals surface area contributed by atoms with E-state index in [0.29, 0.717) is 5.41 Å². The van der Waals surface area contributed by atoms with Crippen LogP contribution in [0, 0.1) is 17.3 Å². The molecule has 0 bridgehead atoms. The lowest BCUT2D eigenvalue weighted by atomic mass is 10.1. The maximum Gasteiger partial charge on any atom is 0.0152 e. The fourth-order valence-electron chi connectivity index (χ4n) is 2.19. The molecule has 2 rings (SSSR count). The van der Waals surface area contributed by atoms with Crippen molar-refractivity contribution in [2.45, 2.75) is 13.8 Å². The van der Waals surface area contributed by atoms with Crippen molar-refractivity contribution in [3.63, 3.8) is 0 Å². The first kappa shape index (κ1) is 6.17. The summed E-state index contributed by atoms with van der Waals surface area (Å²) in [7, 11) is 0. The van der Waals surface area contributed by atoms with Gasteiger partial charge in [-0.2, -0.15) is 0 Å². The Morgan fingerprint density at radius 3 is 2.67 bits per heavy atom. The topological polar surface area (TPSA) is 3.24 Å². The Morgan fingerprint density at radius 2 is 2.33 bits per heavy atom. The molecule has 1 saturated heterocycles. The zero-order valence-corrected chi connectivity index (χ0v) is 7.48. The van der Waals surface area contributed by atoms with Gasteiger partial charge in [-0.25, -0.2) is 3.93 Å².